The predicted molar refractivity (Wildman–Crippen MR) is 78.7 cm³/mol. The van der Waals surface area contributed by atoms with Crippen molar-refractivity contribution in [3.05, 3.63) is 65.0 Å². The maximum Gasteiger partial charge on any atom is 0.185 e. The third kappa shape index (κ3) is 3.55. The van der Waals surface area contributed by atoms with Gasteiger partial charge in [0.05, 0.1) is 4.90 Å². The highest BCUT2D eigenvalue weighted by Gasteiger charge is 2.21. The van der Waals surface area contributed by atoms with Crippen molar-refractivity contribution >= 4 is 15.6 Å². The molecule has 0 N–H and O–H groups in total. The number of halogens is 1. The largest absolute Gasteiger partial charge is 0.293 e. The van der Waals surface area contributed by atoms with Crippen LogP contribution >= 0.6 is 0 Å². The zero-order chi connectivity index (χ0) is 15.6. The van der Waals surface area contributed by atoms with Gasteiger partial charge in [0.25, 0.3) is 0 Å². The lowest BCUT2D eigenvalue weighted by molar-refractivity contribution is 0.102. The summed E-state index contributed by atoms with van der Waals surface area (Å²) in [6, 6.07) is 9.97. The zero-order valence-corrected chi connectivity index (χ0v) is 12.6. The van der Waals surface area contributed by atoms with Gasteiger partial charge in [-0.05, 0) is 43.7 Å². The highest BCUT2D eigenvalue weighted by atomic mass is 32.2. The van der Waals surface area contributed by atoms with Gasteiger partial charge in [-0.25, -0.2) is 12.8 Å². The Bertz CT molecular complexity index is 795. The molecule has 0 heterocycles. The number of sulfone groups is 1. The Morgan fingerprint density at radius 1 is 1.10 bits per heavy atom. The first-order chi connectivity index (χ1) is 9.79. The summed E-state index contributed by atoms with van der Waals surface area (Å²) >= 11 is 0. The maximum absolute atomic E-state index is 13.1. The van der Waals surface area contributed by atoms with Gasteiger partial charge in [-0.1, -0.05) is 23.8 Å². The van der Waals surface area contributed by atoms with Crippen molar-refractivity contribution in [3.63, 3.8) is 0 Å². The number of ketones is 1. The molecule has 21 heavy (non-hydrogen) atoms. The number of aryl methyl sites for hydroxylation is 2. The molecule has 0 saturated heterocycles. The Balaban J connectivity index is 2.32. The molecule has 5 heteroatoms. The molecule has 0 aromatic heterocycles. The van der Waals surface area contributed by atoms with Crippen LogP contribution in [0.15, 0.2) is 47.4 Å². The molecule has 2 aromatic carbocycles. The second kappa shape index (κ2) is 5.77. The molecule has 0 aliphatic heterocycles. The van der Waals surface area contributed by atoms with Crippen molar-refractivity contribution < 1.29 is 17.6 Å². The fourth-order valence-electron chi connectivity index (χ4n) is 2.03. The zero-order valence-electron chi connectivity index (χ0n) is 11.8. The van der Waals surface area contributed by atoms with Gasteiger partial charge in [-0.3, -0.25) is 4.79 Å². The summed E-state index contributed by atoms with van der Waals surface area (Å²) in [7, 11) is -3.85. The second-order valence-corrected chi connectivity index (χ2v) is 6.95. The van der Waals surface area contributed by atoms with Crippen LogP contribution in [0.3, 0.4) is 0 Å². The molecule has 110 valence electrons. The number of Topliss-reactive ketones (excluding diaryl/α,β-unsaturated/α-hetero) is 1. The Hall–Kier alpha value is -2.01. The fourth-order valence-corrected chi connectivity index (χ4v) is 3.28. The lowest BCUT2D eigenvalue weighted by Gasteiger charge is -2.07. The highest BCUT2D eigenvalue weighted by molar-refractivity contribution is 7.92. The molecule has 0 spiro atoms. The summed E-state index contributed by atoms with van der Waals surface area (Å²) in [5.74, 6) is -1.79. The normalized spacial score (nSPS) is 11.4. The van der Waals surface area contributed by atoms with Crippen molar-refractivity contribution in [2.45, 2.75) is 18.7 Å². The number of hydrogen-bond donors (Lipinski definition) is 0. The van der Waals surface area contributed by atoms with Crippen molar-refractivity contribution in [2.75, 3.05) is 5.75 Å². The predicted octanol–water partition coefficient (Wildman–Crippen LogP) is 3.10. The second-order valence-electron chi connectivity index (χ2n) is 4.96. The van der Waals surface area contributed by atoms with E-state index in [9.17, 15) is 17.6 Å². The smallest absolute Gasteiger partial charge is 0.185 e. The number of hydrogen-bond acceptors (Lipinski definition) is 3. The van der Waals surface area contributed by atoms with E-state index in [1.54, 1.807) is 19.1 Å². The summed E-state index contributed by atoms with van der Waals surface area (Å²) in [5.41, 5.74) is 1.99. The molecule has 0 radical (unpaired) electrons. The van der Waals surface area contributed by atoms with Gasteiger partial charge in [0.15, 0.2) is 15.6 Å². The van der Waals surface area contributed by atoms with Gasteiger partial charge in [0, 0.05) is 5.56 Å². The Morgan fingerprint density at radius 3 is 2.48 bits per heavy atom. The van der Waals surface area contributed by atoms with Gasteiger partial charge < -0.3 is 0 Å². The summed E-state index contributed by atoms with van der Waals surface area (Å²) in [6.07, 6.45) is 0. The minimum Gasteiger partial charge on any atom is -0.293 e. The fraction of sp³-hybridized carbons (Fsp3) is 0.188. The highest BCUT2D eigenvalue weighted by Crippen LogP contribution is 2.17. The molecule has 3 nitrogen and oxygen atoms in total. The van der Waals surface area contributed by atoms with Crippen molar-refractivity contribution in [1.82, 2.24) is 0 Å². The molecule has 0 saturated carbocycles. The van der Waals surface area contributed by atoms with E-state index >= 15 is 0 Å². The van der Waals surface area contributed by atoms with Crippen LogP contribution in [0.1, 0.15) is 21.5 Å². The molecule has 0 aliphatic carbocycles. The first-order valence-corrected chi connectivity index (χ1v) is 8.03. The molecule has 0 atom stereocenters. The summed E-state index contributed by atoms with van der Waals surface area (Å²) in [4.78, 5) is 12.0. The Morgan fingerprint density at radius 2 is 1.81 bits per heavy atom. The van der Waals surface area contributed by atoms with E-state index in [1.165, 1.54) is 12.1 Å². The minimum atomic E-state index is -3.85. The number of carbonyl (C=O) groups excluding carboxylic acids is 1. The molecule has 0 amide bonds. The SMILES string of the molecule is Cc1ccc(C)c(C(=O)CS(=O)(=O)c2cccc(F)c2)c1. The summed E-state index contributed by atoms with van der Waals surface area (Å²) < 4.78 is 37.5. The van der Waals surface area contributed by atoms with Gasteiger partial charge in [0.1, 0.15) is 11.6 Å². The van der Waals surface area contributed by atoms with Gasteiger partial charge in [-0.2, -0.15) is 0 Å². The average molecular weight is 306 g/mol. The lowest BCUT2D eigenvalue weighted by atomic mass is 10.0. The molecule has 0 fully saturated rings. The topological polar surface area (TPSA) is 51.2 Å². The number of benzene rings is 2. The summed E-state index contributed by atoms with van der Waals surface area (Å²) in [5, 5.41) is 0. The van der Waals surface area contributed by atoms with E-state index in [1.807, 2.05) is 13.0 Å². The summed E-state index contributed by atoms with van der Waals surface area (Å²) in [6.45, 7) is 3.58. The molecule has 0 bridgehead atoms. The van der Waals surface area contributed by atoms with Crippen LogP contribution < -0.4 is 0 Å². The van der Waals surface area contributed by atoms with E-state index < -0.39 is 27.2 Å². The first-order valence-electron chi connectivity index (χ1n) is 6.38. The molecular weight excluding hydrogens is 291 g/mol. The monoisotopic (exact) mass is 306 g/mol. The van der Waals surface area contributed by atoms with Crippen molar-refractivity contribution in [2.24, 2.45) is 0 Å². The van der Waals surface area contributed by atoms with Crippen LogP contribution in [0, 0.1) is 19.7 Å². The Kier molecular flexibility index (Phi) is 4.23. The molecular formula is C16H15FO3S. The van der Waals surface area contributed by atoms with Crippen LogP contribution in [0.4, 0.5) is 4.39 Å². The van der Waals surface area contributed by atoms with Gasteiger partial charge >= 0.3 is 0 Å². The quantitative estimate of drug-likeness (QED) is 0.816. The molecule has 0 unspecified atom stereocenters. The van der Waals surface area contributed by atoms with E-state index in [4.69, 9.17) is 0 Å². The first kappa shape index (κ1) is 15.4. The van der Waals surface area contributed by atoms with E-state index in [2.05, 4.69) is 0 Å². The number of carbonyl (C=O) groups is 1. The van der Waals surface area contributed by atoms with Gasteiger partial charge in [0.2, 0.25) is 0 Å². The Labute approximate surface area is 123 Å². The standard InChI is InChI=1S/C16H15FO3S/c1-11-6-7-12(2)15(8-11)16(18)10-21(19,20)14-5-3-4-13(17)9-14/h3-9H,10H2,1-2H3. The van der Waals surface area contributed by atoms with Crippen LogP contribution in [0.5, 0.6) is 0 Å². The van der Waals surface area contributed by atoms with Crippen LogP contribution in [-0.4, -0.2) is 20.0 Å². The van der Waals surface area contributed by atoms with Crippen molar-refractivity contribution in [3.8, 4) is 0 Å². The average Bonchev–Trinajstić information content (AvgIpc) is 2.41. The van der Waals surface area contributed by atoms with E-state index in [0.29, 0.717) is 5.56 Å². The van der Waals surface area contributed by atoms with E-state index in [0.717, 1.165) is 23.3 Å². The van der Waals surface area contributed by atoms with Crippen LogP contribution in [0.2, 0.25) is 0 Å². The third-order valence-electron chi connectivity index (χ3n) is 3.17. The maximum atomic E-state index is 13.1. The number of rotatable bonds is 4. The van der Waals surface area contributed by atoms with Crippen molar-refractivity contribution in [1.29, 1.82) is 0 Å². The molecule has 0 aliphatic rings. The van der Waals surface area contributed by atoms with E-state index in [-0.39, 0.29) is 4.90 Å². The van der Waals surface area contributed by atoms with Crippen LogP contribution in [-0.2, 0) is 9.84 Å². The molecule has 2 aromatic rings. The van der Waals surface area contributed by atoms with Crippen LogP contribution in [0.25, 0.3) is 0 Å². The van der Waals surface area contributed by atoms with Gasteiger partial charge in [-0.15, -0.1) is 0 Å². The minimum absolute atomic E-state index is 0.179. The molecule has 2 rings (SSSR count). The lowest BCUT2D eigenvalue weighted by Crippen LogP contribution is -2.17. The third-order valence-corrected chi connectivity index (χ3v) is 4.78.